The Labute approximate surface area is 121 Å². The van der Waals surface area contributed by atoms with E-state index >= 15 is 0 Å². The molecule has 110 valence electrons. The van der Waals surface area contributed by atoms with Crippen LogP contribution < -0.4 is 11.1 Å². The summed E-state index contributed by atoms with van der Waals surface area (Å²) in [5.41, 5.74) is 5.11. The molecule has 3 N–H and O–H groups in total. The zero-order valence-electron chi connectivity index (χ0n) is 10.5. The molecule has 1 fully saturated rings. The standard InChI is InChI=1S/C12H14FN3O3.ClH/c13-8-3-4-11(16(18)19)9(5-8)12(17)15-6-10(14)7-1-2-7;/h3-5,7,10H,1-2,6,14H2,(H,15,17);1H. The monoisotopic (exact) mass is 303 g/mol. The number of nitro benzene ring substituents is 1. The summed E-state index contributed by atoms with van der Waals surface area (Å²) in [5, 5.41) is 13.3. The molecule has 1 unspecified atom stereocenters. The van der Waals surface area contributed by atoms with Gasteiger partial charge in [0.15, 0.2) is 0 Å². The van der Waals surface area contributed by atoms with Crippen LogP contribution in [-0.4, -0.2) is 23.4 Å². The molecule has 1 saturated carbocycles. The molecule has 1 atom stereocenters. The Morgan fingerprint density at radius 2 is 2.20 bits per heavy atom. The summed E-state index contributed by atoms with van der Waals surface area (Å²) in [6.45, 7) is 0.233. The van der Waals surface area contributed by atoms with Crippen LogP contribution in [-0.2, 0) is 0 Å². The average molecular weight is 304 g/mol. The first kappa shape index (κ1) is 16.3. The largest absolute Gasteiger partial charge is 0.350 e. The number of benzene rings is 1. The van der Waals surface area contributed by atoms with Gasteiger partial charge < -0.3 is 11.1 Å². The molecule has 1 aromatic rings. The summed E-state index contributed by atoms with van der Waals surface area (Å²) >= 11 is 0. The van der Waals surface area contributed by atoms with Gasteiger partial charge in [-0.1, -0.05) is 0 Å². The van der Waals surface area contributed by atoms with Crippen LogP contribution in [0.1, 0.15) is 23.2 Å². The predicted octanol–water partition coefficient (Wildman–Crippen LogP) is 1.62. The molecule has 0 spiro atoms. The predicted molar refractivity (Wildman–Crippen MR) is 73.3 cm³/mol. The van der Waals surface area contributed by atoms with Gasteiger partial charge in [0.2, 0.25) is 0 Å². The Morgan fingerprint density at radius 3 is 2.75 bits per heavy atom. The summed E-state index contributed by atoms with van der Waals surface area (Å²) in [6, 6.07) is 2.63. The number of hydrogen-bond donors (Lipinski definition) is 2. The second-order valence-electron chi connectivity index (χ2n) is 4.63. The van der Waals surface area contributed by atoms with Crippen LogP contribution in [0.5, 0.6) is 0 Å². The number of nitrogens with two attached hydrogens (primary N) is 1. The lowest BCUT2D eigenvalue weighted by Crippen LogP contribution is -2.38. The molecule has 0 saturated heterocycles. The van der Waals surface area contributed by atoms with Crippen molar-refractivity contribution >= 4 is 24.0 Å². The van der Waals surface area contributed by atoms with Crippen molar-refractivity contribution in [3.8, 4) is 0 Å². The molecule has 0 aromatic heterocycles. The van der Waals surface area contributed by atoms with Gasteiger partial charge in [0.25, 0.3) is 11.6 Å². The van der Waals surface area contributed by atoms with Crippen LogP contribution in [0.15, 0.2) is 18.2 Å². The molecular formula is C12H15ClFN3O3. The molecule has 1 aliphatic carbocycles. The van der Waals surface area contributed by atoms with Gasteiger partial charge >= 0.3 is 0 Å². The van der Waals surface area contributed by atoms with Crippen LogP contribution in [0.2, 0.25) is 0 Å². The van der Waals surface area contributed by atoms with Gasteiger partial charge in [0.05, 0.1) is 4.92 Å². The highest BCUT2D eigenvalue weighted by molar-refractivity contribution is 5.98. The van der Waals surface area contributed by atoms with Gasteiger partial charge in [0, 0.05) is 18.7 Å². The van der Waals surface area contributed by atoms with E-state index in [-0.39, 0.29) is 30.6 Å². The van der Waals surface area contributed by atoms with Crippen molar-refractivity contribution < 1.29 is 14.1 Å². The van der Waals surface area contributed by atoms with Gasteiger partial charge in [-0.05, 0) is 30.9 Å². The minimum absolute atomic E-state index is 0. The number of rotatable bonds is 5. The smallest absolute Gasteiger partial charge is 0.282 e. The van der Waals surface area contributed by atoms with Crippen molar-refractivity contribution in [1.82, 2.24) is 5.32 Å². The molecule has 2 rings (SSSR count). The first-order valence-electron chi connectivity index (χ1n) is 5.96. The fraction of sp³-hybridized carbons (Fsp3) is 0.417. The number of carbonyl (C=O) groups is 1. The van der Waals surface area contributed by atoms with E-state index in [4.69, 9.17) is 5.73 Å². The van der Waals surface area contributed by atoms with Crippen LogP contribution in [0, 0.1) is 21.8 Å². The van der Waals surface area contributed by atoms with Crippen LogP contribution in [0.25, 0.3) is 0 Å². The number of nitrogens with one attached hydrogen (secondary N) is 1. The van der Waals surface area contributed by atoms with Crippen LogP contribution in [0.3, 0.4) is 0 Å². The number of halogens is 2. The third-order valence-electron chi connectivity index (χ3n) is 3.13. The Balaban J connectivity index is 0.00000200. The third kappa shape index (κ3) is 3.88. The van der Waals surface area contributed by atoms with E-state index < -0.39 is 22.3 Å². The van der Waals surface area contributed by atoms with E-state index in [1.54, 1.807) is 0 Å². The fourth-order valence-electron chi connectivity index (χ4n) is 1.85. The highest BCUT2D eigenvalue weighted by atomic mass is 35.5. The summed E-state index contributed by atoms with van der Waals surface area (Å²) in [6.07, 6.45) is 2.08. The molecule has 0 radical (unpaired) electrons. The van der Waals surface area contributed by atoms with Crippen molar-refractivity contribution in [3.63, 3.8) is 0 Å². The number of nitro groups is 1. The lowest BCUT2D eigenvalue weighted by atomic mass is 10.1. The molecule has 1 aliphatic rings. The first-order valence-corrected chi connectivity index (χ1v) is 5.96. The topological polar surface area (TPSA) is 98.3 Å². The minimum atomic E-state index is -0.713. The van der Waals surface area contributed by atoms with Gasteiger partial charge in [-0.2, -0.15) is 0 Å². The molecular weight excluding hydrogens is 289 g/mol. The van der Waals surface area contributed by atoms with Crippen molar-refractivity contribution in [2.24, 2.45) is 11.7 Å². The quantitative estimate of drug-likeness (QED) is 0.638. The zero-order chi connectivity index (χ0) is 14.0. The molecule has 20 heavy (non-hydrogen) atoms. The first-order chi connectivity index (χ1) is 8.99. The van der Waals surface area contributed by atoms with Crippen LogP contribution >= 0.6 is 12.4 Å². The van der Waals surface area contributed by atoms with Crippen molar-refractivity contribution in [1.29, 1.82) is 0 Å². The second kappa shape index (κ2) is 6.62. The molecule has 0 bridgehead atoms. The average Bonchev–Trinajstić information content (AvgIpc) is 3.19. The molecule has 6 nitrogen and oxygen atoms in total. The molecule has 1 amide bonds. The maximum atomic E-state index is 13.1. The van der Waals surface area contributed by atoms with E-state index in [0.29, 0.717) is 5.92 Å². The minimum Gasteiger partial charge on any atom is -0.350 e. The number of amides is 1. The fourth-order valence-corrected chi connectivity index (χ4v) is 1.85. The van der Waals surface area contributed by atoms with Crippen LogP contribution in [0.4, 0.5) is 10.1 Å². The number of hydrogen-bond acceptors (Lipinski definition) is 4. The number of nitrogens with zero attached hydrogens (tertiary/aromatic N) is 1. The van der Waals surface area contributed by atoms with E-state index in [1.165, 1.54) is 0 Å². The summed E-state index contributed by atoms with van der Waals surface area (Å²) in [7, 11) is 0. The molecule has 0 aliphatic heterocycles. The van der Waals surface area contributed by atoms with Gasteiger partial charge in [-0.3, -0.25) is 14.9 Å². The summed E-state index contributed by atoms with van der Waals surface area (Å²) in [5.74, 6) is -0.965. The van der Waals surface area contributed by atoms with E-state index in [0.717, 1.165) is 31.0 Å². The normalized spacial score (nSPS) is 15.1. The van der Waals surface area contributed by atoms with E-state index in [9.17, 15) is 19.3 Å². The summed E-state index contributed by atoms with van der Waals surface area (Å²) < 4.78 is 13.1. The highest BCUT2D eigenvalue weighted by Crippen LogP contribution is 2.31. The second-order valence-corrected chi connectivity index (χ2v) is 4.63. The van der Waals surface area contributed by atoms with Crippen molar-refractivity contribution in [2.45, 2.75) is 18.9 Å². The Bertz CT molecular complexity index is 523. The Kier molecular flexibility index (Phi) is 5.41. The zero-order valence-corrected chi connectivity index (χ0v) is 11.4. The van der Waals surface area contributed by atoms with Gasteiger partial charge in [-0.15, -0.1) is 12.4 Å². The maximum Gasteiger partial charge on any atom is 0.282 e. The van der Waals surface area contributed by atoms with Gasteiger partial charge in [-0.25, -0.2) is 4.39 Å². The number of carbonyl (C=O) groups excluding carboxylic acids is 1. The van der Waals surface area contributed by atoms with E-state index in [1.807, 2.05) is 0 Å². The SMILES string of the molecule is Cl.NC(CNC(=O)c1cc(F)ccc1[N+](=O)[O-])C1CC1. The Hall–Kier alpha value is -1.73. The summed E-state index contributed by atoms with van der Waals surface area (Å²) in [4.78, 5) is 21.9. The molecule has 0 heterocycles. The van der Waals surface area contributed by atoms with Crippen molar-refractivity contribution in [2.75, 3.05) is 6.54 Å². The van der Waals surface area contributed by atoms with Crippen molar-refractivity contribution in [3.05, 3.63) is 39.7 Å². The molecule has 1 aromatic carbocycles. The highest BCUT2D eigenvalue weighted by Gasteiger charge is 2.29. The van der Waals surface area contributed by atoms with E-state index in [2.05, 4.69) is 5.32 Å². The lowest BCUT2D eigenvalue weighted by Gasteiger charge is -2.11. The molecule has 8 heteroatoms. The maximum absolute atomic E-state index is 13.1. The Morgan fingerprint density at radius 1 is 1.55 bits per heavy atom. The van der Waals surface area contributed by atoms with Gasteiger partial charge in [0.1, 0.15) is 11.4 Å². The third-order valence-corrected chi connectivity index (χ3v) is 3.13. The lowest BCUT2D eigenvalue weighted by molar-refractivity contribution is -0.385.